The zero-order valence-corrected chi connectivity index (χ0v) is 17.1. The van der Waals surface area contributed by atoms with Crippen molar-refractivity contribution in [3.63, 3.8) is 0 Å². The number of ether oxygens (including phenoxy) is 1. The molecule has 0 aliphatic carbocycles. The van der Waals surface area contributed by atoms with E-state index in [1.807, 2.05) is 26.1 Å². The third-order valence-electron chi connectivity index (χ3n) is 3.91. The van der Waals surface area contributed by atoms with Gasteiger partial charge in [-0.05, 0) is 24.6 Å². The van der Waals surface area contributed by atoms with E-state index < -0.39 is 0 Å². The Morgan fingerprint density at radius 1 is 1.15 bits per heavy atom. The average molecular weight is 427 g/mol. The third kappa shape index (κ3) is 4.64. The SMILES string of the molecule is CCc1ncnc(NCCOc2cc(-c3ccc(Cl)cc3Cl)n(C)n2)c1Cl. The fraction of sp³-hybridized carbons (Fsp3) is 0.278. The number of halogens is 3. The van der Waals surface area contributed by atoms with Crippen LogP contribution in [0.2, 0.25) is 15.1 Å². The van der Waals surface area contributed by atoms with Gasteiger partial charge in [0.15, 0.2) is 0 Å². The Hall–Kier alpha value is -2.02. The van der Waals surface area contributed by atoms with Gasteiger partial charge in [0.1, 0.15) is 23.8 Å². The third-order valence-corrected chi connectivity index (χ3v) is 4.85. The lowest BCUT2D eigenvalue weighted by Gasteiger charge is -2.09. The quantitative estimate of drug-likeness (QED) is 0.545. The first kappa shape index (κ1) is 19.7. The highest BCUT2D eigenvalue weighted by atomic mass is 35.5. The Morgan fingerprint density at radius 2 is 1.96 bits per heavy atom. The van der Waals surface area contributed by atoms with Crippen molar-refractivity contribution in [3.05, 3.63) is 51.4 Å². The molecular weight excluding hydrogens is 409 g/mol. The lowest BCUT2D eigenvalue weighted by atomic mass is 10.1. The molecule has 0 amide bonds. The fourth-order valence-corrected chi connectivity index (χ4v) is 3.37. The molecule has 142 valence electrons. The van der Waals surface area contributed by atoms with Crippen LogP contribution >= 0.6 is 34.8 Å². The van der Waals surface area contributed by atoms with Crippen LogP contribution in [0.25, 0.3) is 11.3 Å². The highest BCUT2D eigenvalue weighted by Gasteiger charge is 2.12. The summed E-state index contributed by atoms with van der Waals surface area (Å²) < 4.78 is 7.44. The molecule has 0 unspecified atom stereocenters. The van der Waals surface area contributed by atoms with E-state index in [1.54, 1.807) is 16.8 Å². The minimum Gasteiger partial charge on any atom is -0.475 e. The van der Waals surface area contributed by atoms with Crippen molar-refractivity contribution in [2.24, 2.45) is 7.05 Å². The normalized spacial score (nSPS) is 10.9. The number of rotatable bonds is 7. The molecule has 1 N–H and O–H groups in total. The molecule has 2 aromatic heterocycles. The van der Waals surface area contributed by atoms with Gasteiger partial charge in [0.2, 0.25) is 5.88 Å². The number of anilines is 1. The van der Waals surface area contributed by atoms with Crippen LogP contribution in [0, 0.1) is 0 Å². The summed E-state index contributed by atoms with van der Waals surface area (Å²) in [5, 5.41) is 9.20. The molecule has 0 fully saturated rings. The van der Waals surface area contributed by atoms with Crippen molar-refractivity contribution in [2.45, 2.75) is 13.3 Å². The Morgan fingerprint density at radius 3 is 2.70 bits per heavy atom. The van der Waals surface area contributed by atoms with E-state index in [-0.39, 0.29) is 0 Å². The molecule has 3 aromatic rings. The molecule has 2 heterocycles. The van der Waals surface area contributed by atoms with Crippen molar-refractivity contribution in [1.29, 1.82) is 0 Å². The van der Waals surface area contributed by atoms with Crippen LogP contribution in [0.15, 0.2) is 30.6 Å². The molecule has 0 aliphatic heterocycles. The topological polar surface area (TPSA) is 64.9 Å². The molecule has 0 saturated heterocycles. The second kappa shape index (κ2) is 8.78. The van der Waals surface area contributed by atoms with Gasteiger partial charge in [-0.2, -0.15) is 0 Å². The number of hydrogen-bond donors (Lipinski definition) is 1. The molecule has 9 heteroatoms. The van der Waals surface area contributed by atoms with Gasteiger partial charge in [-0.15, -0.1) is 5.10 Å². The summed E-state index contributed by atoms with van der Waals surface area (Å²) in [7, 11) is 1.83. The molecule has 6 nitrogen and oxygen atoms in total. The first-order valence-corrected chi connectivity index (χ1v) is 9.48. The Balaban J connectivity index is 1.61. The van der Waals surface area contributed by atoms with E-state index in [2.05, 4.69) is 20.4 Å². The number of hydrogen-bond acceptors (Lipinski definition) is 5. The van der Waals surface area contributed by atoms with Gasteiger partial charge in [-0.25, -0.2) is 9.97 Å². The summed E-state index contributed by atoms with van der Waals surface area (Å²) in [5.74, 6) is 1.10. The van der Waals surface area contributed by atoms with E-state index in [0.717, 1.165) is 23.4 Å². The maximum Gasteiger partial charge on any atom is 0.233 e. The summed E-state index contributed by atoms with van der Waals surface area (Å²) in [6, 6.07) is 7.18. The van der Waals surface area contributed by atoms with Gasteiger partial charge in [-0.3, -0.25) is 4.68 Å². The lowest BCUT2D eigenvalue weighted by Crippen LogP contribution is -2.13. The highest BCUT2D eigenvalue weighted by Crippen LogP contribution is 2.31. The summed E-state index contributed by atoms with van der Waals surface area (Å²) in [4.78, 5) is 8.29. The molecule has 0 bridgehead atoms. The number of benzene rings is 1. The summed E-state index contributed by atoms with van der Waals surface area (Å²) in [5.41, 5.74) is 2.49. The minimum absolute atomic E-state index is 0.395. The summed E-state index contributed by atoms with van der Waals surface area (Å²) >= 11 is 18.5. The van der Waals surface area contributed by atoms with E-state index in [1.165, 1.54) is 6.33 Å². The van der Waals surface area contributed by atoms with Crippen LogP contribution in [0.4, 0.5) is 5.82 Å². The van der Waals surface area contributed by atoms with Crippen molar-refractivity contribution in [3.8, 4) is 17.1 Å². The first-order valence-electron chi connectivity index (χ1n) is 8.35. The van der Waals surface area contributed by atoms with Crippen LogP contribution in [0.3, 0.4) is 0 Å². The minimum atomic E-state index is 0.395. The molecule has 3 rings (SSSR count). The number of nitrogens with one attached hydrogen (secondary N) is 1. The van der Waals surface area contributed by atoms with E-state index >= 15 is 0 Å². The van der Waals surface area contributed by atoms with E-state index in [9.17, 15) is 0 Å². The van der Waals surface area contributed by atoms with Gasteiger partial charge >= 0.3 is 0 Å². The monoisotopic (exact) mass is 425 g/mol. The predicted molar refractivity (Wildman–Crippen MR) is 109 cm³/mol. The van der Waals surface area contributed by atoms with E-state index in [4.69, 9.17) is 39.5 Å². The van der Waals surface area contributed by atoms with Crippen LogP contribution < -0.4 is 10.1 Å². The number of aromatic nitrogens is 4. The predicted octanol–water partition coefficient (Wildman–Crippen LogP) is 4.89. The lowest BCUT2D eigenvalue weighted by molar-refractivity contribution is 0.316. The summed E-state index contributed by atoms with van der Waals surface area (Å²) in [6.45, 7) is 2.91. The largest absolute Gasteiger partial charge is 0.475 e. The fourth-order valence-electron chi connectivity index (χ4n) is 2.56. The van der Waals surface area contributed by atoms with Crippen molar-refractivity contribution in [2.75, 3.05) is 18.5 Å². The van der Waals surface area contributed by atoms with E-state index in [0.29, 0.717) is 39.9 Å². The van der Waals surface area contributed by atoms with Crippen LogP contribution in [-0.2, 0) is 13.5 Å². The average Bonchev–Trinajstić information content (AvgIpc) is 3.00. The zero-order chi connectivity index (χ0) is 19.4. The molecule has 0 radical (unpaired) electrons. The molecule has 0 aliphatic rings. The zero-order valence-electron chi connectivity index (χ0n) is 14.8. The smallest absolute Gasteiger partial charge is 0.233 e. The second-order valence-electron chi connectivity index (χ2n) is 5.73. The Labute approximate surface area is 172 Å². The van der Waals surface area contributed by atoms with Crippen LogP contribution in [0.5, 0.6) is 5.88 Å². The standard InChI is InChI=1S/C18H18Cl3N5O/c1-3-14-17(21)18(24-10-23-14)22-6-7-27-16-9-15(26(2)25-16)12-5-4-11(19)8-13(12)20/h4-5,8-10H,3,6-7H2,1-2H3,(H,22,23,24). The molecule has 0 spiro atoms. The maximum absolute atomic E-state index is 6.28. The molecule has 0 atom stereocenters. The molecule has 27 heavy (non-hydrogen) atoms. The maximum atomic E-state index is 6.28. The highest BCUT2D eigenvalue weighted by molar-refractivity contribution is 6.36. The van der Waals surface area contributed by atoms with Crippen LogP contribution in [-0.4, -0.2) is 32.9 Å². The first-order chi connectivity index (χ1) is 13.0. The van der Waals surface area contributed by atoms with Gasteiger partial charge in [-0.1, -0.05) is 41.7 Å². The number of nitrogens with zero attached hydrogens (tertiary/aromatic N) is 4. The van der Waals surface area contributed by atoms with Gasteiger partial charge in [0.25, 0.3) is 0 Å². The van der Waals surface area contributed by atoms with Gasteiger partial charge in [0.05, 0.1) is 23.0 Å². The Bertz CT molecular complexity index is 945. The van der Waals surface area contributed by atoms with Gasteiger partial charge in [0, 0.05) is 23.7 Å². The Kier molecular flexibility index (Phi) is 6.42. The molecular formula is C18H18Cl3N5O. The second-order valence-corrected chi connectivity index (χ2v) is 6.95. The van der Waals surface area contributed by atoms with Crippen molar-refractivity contribution >= 4 is 40.6 Å². The van der Waals surface area contributed by atoms with Crippen molar-refractivity contribution < 1.29 is 4.74 Å². The van der Waals surface area contributed by atoms with Gasteiger partial charge < -0.3 is 10.1 Å². The van der Waals surface area contributed by atoms with Crippen molar-refractivity contribution in [1.82, 2.24) is 19.7 Å². The molecule has 1 aromatic carbocycles. The molecule has 0 saturated carbocycles. The van der Waals surface area contributed by atoms with Crippen LogP contribution in [0.1, 0.15) is 12.6 Å². The number of aryl methyl sites for hydroxylation is 2. The summed E-state index contributed by atoms with van der Waals surface area (Å²) in [6.07, 6.45) is 2.24.